The Hall–Kier alpha value is -2.17. The maximum atomic E-state index is 11.9. The largest absolute Gasteiger partial charge is 0.522 e. The number of alkyl halides is 3. The molecule has 118 valence electrons. The molecule has 0 unspecified atom stereocenters. The van der Waals surface area contributed by atoms with E-state index in [4.69, 9.17) is 0 Å². The summed E-state index contributed by atoms with van der Waals surface area (Å²) >= 11 is 0. The molecule has 0 aliphatic carbocycles. The standard InChI is InChI=1S/C10H12F3N3O5/c1-19-7(17)5-6-8(9(18)20-2)14-15-16(6)3-4-21-10(11,12)13/h3-5H2,1-2H3. The van der Waals surface area contributed by atoms with E-state index in [9.17, 15) is 22.8 Å². The molecule has 11 heteroatoms. The number of nitrogens with zero attached hydrogens (tertiary/aromatic N) is 3. The van der Waals surface area contributed by atoms with Crippen molar-refractivity contribution in [1.29, 1.82) is 0 Å². The van der Waals surface area contributed by atoms with E-state index in [1.807, 2.05) is 0 Å². The summed E-state index contributed by atoms with van der Waals surface area (Å²) < 4.78 is 49.1. The minimum atomic E-state index is -4.78. The molecule has 0 N–H and O–H groups in total. The van der Waals surface area contributed by atoms with Gasteiger partial charge in [-0.25, -0.2) is 9.48 Å². The van der Waals surface area contributed by atoms with E-state index in [1.165, 1.54) is 0 Å². The first kappa shape index (κ1) is 16.9. The highest BCUT2D eigenvalue weighted by atomic mass is 19.4. The van der Waals surface area contributed by atoms with Crippen LogP contribution in [0.3, 0.4) is 0 Å². The maximum Gasteiger partial charge on any atom is 0.522 e. The third kappa shape index (κ3) is 5.02. The molecule has 8 nitrogen and oxygen atoms in total. The fourth-order valence-electron chi connectivity index (χ4n) is 1.40. The van der Waals surface area contributed by atoms with Gasteiger partial charge in [0, 0.05) is 0 Å². The van der Waals surface area contributed by atoms with E-state index >= 15 is 0 Å². The molecule has 0 aliphatic heterocycles. The highest BCUT2D eigenvalue weighted by Crippen LogP contribution is 2.16. The molecule has 1 aromatic rings. The molecule has 0 saturated heterocycles. The van der Waals surface area contributed by atoms with Gasteiger partial charge in [-0.3, -0.25) is 9.53 Å². The summed E-state index contributed by atoms with van der Waals surface area (Å²) in [5.41, 5.74) is -0.283. The lowest BCUT2D eigenvalue weighted by molar-refractivity contribution is -0.325. The number of rotatable bonds is 6. The SMILES string of the molecule is COC(=O)Cc1c(C(=O)OC)nnn1CCOC(F)(F)F. The number of carbonyl (C=O) groups excluding carboxylic acids is 2. The van der Waals surface area contributed by atoms with Crippen LogP contribution < -0.4 is 0 Å². The second-order valence-corrected chi connectivity index (χ2v) is 3.65. The van der Waals surface area contributed by atoms with Gasteiger partial charge in [-0.05, 0) is 0 Å². The average Bonchev–Trinajstić information content (AvgIpc) is 2.79. The van der Waals surface area contributed by atoms with Gasteiger partial charge in [0.2, 0.25) is 0 Å². The summed E-state index contributed by atoms with van der Waals surface area (Å²) in [5.74, 6) is -1.57. The van der Waals surface area contributed by atoms with Gasteiger partial charge in [0.15, 0.2) is 5.69 Å². The van der Waals surface area contributed by atoms with Crippen molar-refractivity contribution in [2.45, 2.75) is 19.3 Å². The van der Waals surface area contributed by atoms with Gasteiger partial charge in [0.25, 0.3) is 0 Å². The lowest BCUT2D eigenvalue weighted by Crippen LogP contribution is -2.20. The number of ether oxygens (including phenoxy) is 3. The normalized spacial score (nSPS) is 11.3. The number of hydrogen-bond acceptors (Lipinski definition) is 7. The molecule has 21 heavy (non-hydrogen) atoms. The van der Waals surface area contributed by atoms with Crippen molar-refractivity contribution >= 4 is 11.9 Å². The molecule has 0 aromatic carbocycles. The number of esters is 2. The predicted octanol–water partition coefficient (Wildman–Crippen LogP) is 0.317. The molecule has 0 radical (unpaired) electrons. The average molecular weight is 311 g/mol. The number of methoxy groups -OCH3 is 2. The zero-order chi connectivity index (χ0) is 16.0. The van der Waals surface area contributed by atoms with Crippen molar-refractivity contribution in [2.75, 3.05) is 20.8 Å². The van der Waals surface area contributed by atoms with Crippen LogP contribution in [0.15, 0.2) is 0 Å². The number of carbonyl (C=O) groups is 2. The Morgan fingerprint density at radius 2 is 1.90 bits per heavy atom. The van der Waals surface area contributed by atoms with Crippen LogP contribution in [0.4, 0.5) is 13.2 Å². The minimum Gasteiger partial charge on any atom is -0.469 e. The second-order valence-electron chi connectivity index (χ2n) is 3.65. The predicted molar refractivity (Wildman–Crippen MR) is 59.1 cm³/mol. The zero-order valence-electron chi connectivity index (χ0n) is 11.1. The molecule has 1 heterocycles. The van der Waals surface area contributed by atoms with Crippen LogP contribution in [0.5, 0.6) is 0 Å². The lowest BCUT2D eigenvalue weighted by atomic mass is 10.2. The fraction of sp³-hybridized carbons (Fsp3) is 0.600. The van der Waals surface area contributed by atoms with E-state index in [0.717, 1.165) is 18.9 Å². The topological polar surface area (TPSA) is 92.5 Å². The van der Waals surface area contributed by atoms with Gasteiger partial charge in [-0.1, -0.05) is 5.21 Å². The fourth-order valence-corrected chi connectivity index (χ4v) is 1.40. The van der Waals surface area contributed by atoms with Crippen LogP contribution in [0.1, 0.15) is 16.2 Å². The van der Waals surface area contributed by atoms with Crippen molar-refractivity contribution in [3.63, 3.8) is 0 Å². The van der Waals surface area contributed by atoms with Crippen LogP contribution >= 0.6 is 0 Å². The van der Waals surface area contributed by atoms with Gasteiger partial charge < -0.3 is 9.47 Å². The van der Waals surface area contributed by atoms with Crippen LogP contribution in [0.25, 0.3) is 0 Å². The Labute approximate surface area is 116 Å². The molecule has 0 spiro atoms. The summed E-state index contributed by atoms with van der Waals surface area (Å²) in [4.78, 5) is 22.7. The Kier molecular flexibility index (Phi) is 5.64. The Morgan fingerprint density at radius 3 is 2.43 bits per heavy atom. The molecule has 0 saturated carbocycles. The van der Waals surface area contributed by atoms with Crippen LogP contribution in [-0.2, 0) is 32.0 Å². The van der Waals surface area contributed by atoms with Crippen molar-refractivity contribution in [3.8, 4) is 0 Å². The first-order chi connectivity index (χ1) is 9.78. The van der Waals surface area contributed by atoms with Crippen molar-refractivity contribution in [1.82, 2.24) is 15.0 Å². The highest BCUT2D eigenvalue weighted by Gasteiger charge is 2.29. The van der Waals surface area contributed by atoms with E-state index in [0.29, 0.717) is 0 Å². The first-order valence-electron chi connectivity index (χ1n) is 5.56. The van der Waals surface area contributed by atoms with Crippen molar-refractivity contribution in [3.05, 3.63) is 11.4 Å². The molecule has 1 rings (SSSR count). The van der Waals surface area contributed by atoms with Crippen molar-refractivity contribution in [2.24, 2.45) is 0 Å². The van der Waals surface area contributed by atoms with E-state index in [1.54, 1.807) is 0 Å². The van der Waals surface area contributed by atoms with Crippen LogP contribution in [-0.4, -0.2) is 54.1 Å². The smallest absolute Gasteiger partial charge is 0.469 e. The number of aromatic nitrogens is 3. The molecule has 0 amide bonds. The summed E-state index contributed by atoms with van der Waals surface area (Å²) in [5, 5.41) is 6.99. The summed E-state index contributed by atoms with van der Waals surface area (Å²) in [6, 6.07) is 0. The second kappa shape index (κ2) is 7.02. The third-order valence-corrected chi connectivity index (χ3v) is 2.32. The molecule has 0 aliphatic rings. The first-order valence-corrected chi connectivity index (χ1v) is 5.56. The molecule has 0 atom stereocenters. The summed E-state index contributed by atoms with van der Waals surface area (Å²) in [6.07, 6.45) is -5.17. The monoisotopic (exact) mass is 311 g/mol. The van der Waals surface area contributed by atoms with Gasteiger partial charge in [0.1, 0.15) is 0 Å². The number of hydrogen-bond donors (Lipinski definition) is 0. The maximum absolute atomic E-state index is 11.9. The Bertz CT molecular complexity index is 515. The lowest BCUT2D eigenvalue weighted by Gasteiger charge is -2.09. The molecule has 0 fully saturated rings. The number of halogens is 3. The van der Waals surface area contributed by atoms with Gasteiger partial charge >= 0.3 is 18.3 Å². The third-order valence-electron chi connectivity index (χ3n) is 2.32. The van der Waals surface area contributed by atoms with Gasteiger partial charge in [-0.2, -0.15) is 0 Å². The Balaban J connectivity index is 2.89. The Morgan fingerprint density at radius 1 is 1.24 bits per heavy atom. The van der Waals surface area contributed by atoms with E-state index in [-0.39, 0.29) is 24.4 Å². The summed E-state index contributed by atoms with van der Waals surface area (Å²) in [6.45, 7) is -1.10. The van der Waals surface area contributed by atoms with Crippen LogP contribution in [0.2, 0.25) is 0 Å². The molecule has 0 bridgehead atoms. The minimum absolute atomic E-state index is 0.0144. The zero-order valence-corrected chi connectivity index (χ0v) is 11.1. The van der Waals surface area contributed by atoms with Crippen molar-refractivity contribution < 1.29 is 37.0 Å². The summed E-state index contributed by atoms with van der Waals surface area (Å²) in [7, 11) is 2.22. The van der Waals surface area contributed by atoms with E-state index in [2.05, 4.69) is 24.5 Å². The van der Waals surface area contributed by atoms with E-state index < -0.39 is 24.9 Å². The quantitative estimate of drug-likeness (QED) is 0.698. The molecule has 1 aromatic heterocycles. The molecular weight excluding hydrogens is 299 g/mol. The highest BCUT2D eigenvalue weighted by molar-refractivity contribution is 5.89. The molecular formula is C10H12F3N3O5. The van der Waals surface area contributed by atoms with Gasteiger partial charge in [-0.15, -0.1) is 18.3 Å². The van der Waals surface area contributed by atoms with Gasteiger partial charge in [0.05, 0.1) is 39.5 Å². The van der Waals surface area contributed by atoms with Crippen LogP contribution in [0, 0.1) is 0 Å².